The monoisotopic (exact) mass is 274 g/mol. The normalized spacial score (nSPS) is 10.1. The fourth-order valence-electron chi connectivity index (χ4n) is 1.55. The number of hydrogen-bond donors (Lipinski definition) is 2. The van der Waals surface area contributed by atoms with Gasteiger partial charge in [-0.25, -0.2) is 9.07 Å². The van der Waals surface area contributed by atoms with E-state index in [9.17, 15) is 9.18 Å². The molecule has 0 saturated heterocycles. The minimum absolute atomic E-state index is 0.0493. The zero-order valence-electron chi connectivity index (χ0n) is 10.4. The van der Waals surface area contributed by atoms with Crippen LogP contribution in [-0.2, 0) is 17.9 Å². The zero-order valence-corrected chi connectivity index (χ0v) is 10.4. The smallest absolute Gasteiger partial charge is 0.246 e. The first-order valence-corrected chi connectivity index (χ1v) is 5.71. The third kappa shape index (κ3) is 3.15. The number of halogens is 1. The van der Waals surface area contributed by atoms with Crippen LogP contribution in [0.3, 0.4) is 0 Å². The molecule has 8 heteroatoms. The number of hydrogen-bond acceptors (Lipinski definition) is 5. The predicted octanol–water partition coefficient (Wildman–Crippen LogP) is 0.386. The number of rotatable bonds is 4. The van der Waals surface area contributed by atoms with Gasteiger partial charge < -0.3 is 11.1 Å². The van der Waals surface area contributed by atoms with Gasteiger partial charge in [-0.1, -0.05) is 5.21 Å². The predicted molar refractivity (Wildman–Crippen MR) is 67.7 cm³/mol. The highest BCUT2D eigenvalue weighted by Gasteiger charge is 2.08. The van der Waals surface area contributed by atoms with Gasteiger partial charge in [-0.05, 0) is 18.2 Å². The van der Waals surface area contributed by atoms with E-state index in [1.165, 1.54) is 16.8 Å². The van der Waals surface area contributed by atoms with Crippen molar-refractivity contribution >= 4 is 11.6 Å². The maximum absolute atomic E-state index is 13.1. The van der Waals surface area contributed by atoms with Crippen LogP contribution in [0.1, 0.15) is 11.3 Å². The third-order valence-corrected chi connectivity index (χ3v) is 2.47. The lowest BCUT2D eigenvalue weighted by atomic mass is 10.2. The summed E-state index contributed by atoms with van der Waals surface area (Å²) in [6, 6.07) is 5.46. The average Bonchev–Trinajstić information content (AvgIpc) is 2.88. The molecule has 0 atom stereocenters. The molecule has 3 N–H and O–H groups in total. The molecule has 7 nitrogen and oxygen atoms in total. The fourth-order valence-corrected chi connectivity index (χ4v) is 1.55. The molecular formula is C12H11FN6O. The first-order valence-electron chi connectivity index (χ1n) is 5.71. The van der Waals surface area contributed by atoms with Crippen LogP contribution in [-0.4, -0.2) is 20.9 Å². The summed E-state index contributed by atoms with van der Waals surface area (Å²) in [6.07, 6.45) is 1.56. The van der Waals surface area contributed by atoms with E-state index in [2.05, 4.69) is 15.6 Å². The van der Waals surface area contributed by atoms with Crippen LogP contribution in [0, 0.1) is 17.1 Å². The molecule has 1 aromatic heterocycles. The van der Waals surface area contributed by atoms with Crippen molar-refractivity contribution < 1.29 is 9.18 Å². The van der Waals surface area contributed by atoms with Gasteiger partial charge in [0.05, 0.1) is 17.5 Å². The van der Waals surface area contributed by atoms with Crippen molar-refractivity contribution in [3.63, 3.8) is 0 Å². The Labute approximate surface area is 113 Å². The van der Waals surface area contributed by atoms with Crippen LogP contribution in [0.4, 0.5) is 10.1 Å². The summed E-state index contributed by atoms with van der Waals surface area (Å²) in [5, 5.41) is 18.7. The van der Waals surface area contributed by atoms with E-state index < -0.39 is 5.82 Å². The second kappa shape index (κ2) is 5.90. The Kier molecular flexibility index (Phi) is 4.02. The molecule has 0 unspecified atom stereocenters. The van der Waals surface area contributed by atoms with E-state index in [0.717, 1.165) is 6.07 Å². The summed E-state index contributed by atoms with van der Waals surface area (Å²) < 4.78 is 14.5. The van der Waals surface area contributed by atoms with Gasteiger partial charge in [0.15, 0.2) is 0 Å². The first-order chi connectivity index (χ1) is 9.62. The number of amides is 1. The van der Waals surface area contributed by atoms with Crippen molar-refractivity contribution in [2.45, 2.75) is 13.1 Å². The van der Waals surface area contributed by atoms with Gasteiger partial charge in [0.2, 0.25) is 5.91 Å². The Morgan fingerprint density at radius 1 is 1.55 bits per heavy atom. The molecule has 2 rings (SSSR count). The first kappa shape index (κ1) is 13.6. The summed E-state index contributed by atoms with van der Waals surface area (Å²) in [6.45, 7) is 0.192. The molecule has 0 spiro atoms. The number of benzene rings is 1. The van der Waals surface area contributed by atoms with E-state index >= 15 is 0 Å². The Morgan fingerprint density at radius 2 is 2.35 bits per heavy atom. The van der Waals surface area contributed by atoms with Gasteiger partial charge >= 0.3 is 0 Å². The van der Waals surface area contributed by atoms with Crippen molar-refractivity contribution in [1.29, 1.82) is 5.26 Å². The van der Waals surface area contributed by atoms with Gasteiger partial charge in [0.25, 0.3) is 0 Å². The van der Waals surface area contributed by atoms with Gasteiger partial charge in [0.1, 0.15) is 18.4 Å². The van der Waals surface area contributed by atoms with Crippen molar-refractivity contribution in [2.75, 3.05) is 5.32 Å². The van der Waals surface area contributed by atoms with E-state index in [1.54, 1.807) is 12.3 Å². The number of nitrogens with zero attached hydrogens (tertiary/aromatic N) is 4. The quantitative estimate of drug-likeness (QED) is 0.837. The standard InChI is InChI=1S/C12H11FN6O/c13-11-2-1-9(3-8(11)4-14)16-12(20)7-19-6-10(5-15)17-18-19/h1-3,6H,5,7,15H2,(H,16,20). The lowest BCUT2D eigenvalue weighted by Gasteiger charge is -2.05. The highest BCUT2D eigenvalue weighted by Crippen LogP contribution is 2.13. The summed E-state index contributed by atoms with van der Waals surface area (Å²) in [7, 11) is 0. The number of anilines is 1. The lowest BCUT2D eigenvalue weighted by molar-refractivity contribution is -0.116. The molecule has 2 aromatic rings. The fraction of sp³-hybridized carbons (Fsp3) is 0.167. The van der Waals surface area contributed by atoms with Gasteiger partial charge in [-0.15, -0.1) is 5.10 Å². The maximum Gasteiger partial charge on any atom is 0.246 e. The van der Waals surface area contributed by atoms with Crippen molar-refractivity contribution in [3.05, 3.63) is 41.5 Å². The molecule has 102 valence electrons. The second-order valence-electron chi connectivity index (χ2n) is 3.97. The largest absolute Gasteiger partial charge is 0.325 e. The van der Waals surface area contributed by atoms with Crippen molar-refractivity contribution in [1.82, 2.24) is 15.0 Å². The summed E-state index contributed by atoms with van der Waals surface area (Å²) in [4.78, 5) is 11.8. The SMILES string of the molecule is N#Cc1cc(NC(=O)Cn2cc(CN)nn2)ccc1F. The highest BCUT2D eigenvalue weighted by molar-refractivity contribution is 5.90. The summed E-state index contributed by atoms with van der Waals surface area (Å²) in [5.41, 5.74) is 6.17. The van der Waals surface area contributed by atoms with Crippen LogP contribution < -0.4 is 11.1 Å². The number of carbonyl (C=O) groups is 1. The molecule has 1 amide bonds. The number of carbonyl (C=O) groups excluding carboxylic acids is 1. The Bertz CT molecular complexity index is 675. The Hall–Kier alpha value is -2.79. The lowest BCUT2D eigenvalue weighted by Crippen LogP contribution is -2.19. The molecule has 0 fully saturated rings. The Morgan fingerprint density at radius 3 is 3.00 bits per heavy atom. The van der Waals surface area contributed by atoms with Gasteiger partial charge in [-0.2, -0.15) is 5.26 Å². The van der Waals surface area contributed by atoms with E-state index in [-0.39, 0.29) is 24.6 Å². The van der Waals surface area contributed by atoms with E-state index in [0.29, 0.717) is 11.4 Å². The van der Waals surface area contributed by atoms with Gasteiger partial charge in [0, 0.05) is 12.2 Å². The molecule has 0 aliphatic carbocycles. The van der Waals surface area contributed by atoms with Crippen molar-refractivity contribution in [2.24, 2.45) is 5.73 Å². The average molecular weight is 274 g/mol. The molecule has 0 saturated carbocycles. The number of aromatic nitrogens is 3. The highest BCUT2D eigenvalue weighted by atomic mass is 19.1. The topological polar surface area (TPSA) is 110 Å². The molecule has 20 heavy (non-hydrogen) atoms. The Balaban J connectivity index is 2.03. The van der Waals surface area contributed by atoms with Crippen LogP contribution in [0.2, 0.25) is 0 Å². The molecule has 0 aliphatic heterocycles. The van der Waals surface area contributed by atoms with E-state index in [1.807, 2.05) is 0 Å². The van der Waals surface area contributed by atoms with Crippen molar-refractivity contribution in [3.8, 4) is 6.07 Å². The van der Waals surface area contributed by atoms with Crippen LogP contribution in [0.25, 0.3) is 0 Å². The van der Waals surface area contributed by atoms with Crippen LogP contribution in [0.15, 0.2) is 24.4 Å². The molecular weight excluding hydrogens is 263 g/mol. The molecule has 0 bridgehead atoms. The van der Waals surface area contributed by atoms with Gasteiger partial charge in [-0.3, -0.25) is 4.79 Å². The second-order valence-corrected chi connectivity index (χ2v) is 3.97. The number of nitrogens with one attached hydrogen (secondary N) is 1. The molecule has 0 radical (unpaired) electrons. The van der Waals surface area contributed by atoms with Crippen LogP contribution in [0.5, 0.6) is 0 Å². The maximum atomic E-state index is 13.1. The molecule has 0 aliphatic rings. The summed E-state index contributed by atoms with van der Waals surface area (Å²) in [5.74, 6) is -0.997. The van der Waals surface area contributed by atoms with E-state index in [4.69, 9.17) is 11.0 Å². The third-order valence-electron chi connectivity index (χ3n) is 2.47. The minimum Gasteiger partial charge on any atom is -0.325 e. The minimum atomic E-state index is -0.630. The summed E-state index contributed by atoms with van der Waals surface area (Å²) >= 11 is 0. The van der Waals surface area contributed by atoms with Crippen LogP contribution >= 0.6 is 0 Å². The molecule has 1 heterocycles. The number of nitriles is 1. The molecule has 1 aromatic carbocycles. The zero-order chi connectivity index (χ0) is 14.5. The number of nitrogens with two attached hydrogens (primary N) is 1.